The number of aromatic hydroxyl groups is 3. The minimum absolute atomic E-state index is 0.0559. The number of hydrogen-bond acceptors (Lipinski definition) is 19. The van der Waals surface area contributed by atoms with Crippen LogP contribution in [0.25, 0.3) is 10.8 Å². The van der Waals surface area contributed by atoms with Crippen LogP contribution in [-0.4, -0.2) is 178 Å². The molecule has 0 radical (unpaired) electrons. The number of likely N-dealkylation sites (N-methyl/N-ethyl adjacent to an activating group) is 1. The molecule has 5 bridgehead atoms. The minimum Gasteiger partial charge on any atom is -0.507 e. The predicted octanol–water partition coefficient (Wildman–Crippen LogP) is 4.04. The monoisotopic (exact) mass is 1030 g/mol. The van der Waals surface area contributed by atoms with Crippen molar-refractivity contribution in [3.63, 3.8) is 0 Å². The molecule has 20 heteroatoms. The Labute approximate surface area is 429 Å². The summed E-state index contributed by atoms with van der Waals surface area (Å²) in [6.45, 7) is 21.2. The number of allylic oxidation sites excluding steroid dienone is 2. The van der Waals surface area contributed by atoms with E-state index in [4.69, 9.17) is 29.2 Å². The lowest BCUT2D eigenvalue weighted by molar-refractivity contribution is -0.160. The normalized spacial score (nSPS) is 28.9. The highest BCUT2D eigenvalue weighted by atomic mass is 16.7. The average molecular weight is 1030 g/mol. The van der Waals surface area contributed by atoms with Crippen molar-refractivity contribution in [1.82, 2.24) is 20.5 Å². The van der Waals surface area contributed by atoms with E-state index in [1.807, 2.05) is 20.9 Å². The van der Waals surface area contributed by atoms with Gasteiger partial charge >= 0.3 is 11.8 Å². The molecule has 2 aromatic rings. The summed E-state index contributed by atoms with van der Waals surface area (Å²) >= 11 is 0. The van der Waals surface area contributed by atoms with Crippen LogP contribution in [0.3, 0.4) is 0 Å². The SMILES string of the molecule is CC[C@@H](CO)NCCN[C@@H](CC)CO.CO[C@H]1/C=C/O[C@@]2(C)Oc3c(C)c(O)c4c(O)c(c(/C=N\N5CCN(C)CC5)c(O)c4c3C2=O)NC(=O)/C(C)=C\C=C\[C@H](C)[C@H](O)[C@@H](C)[C@@H](O)[C@@H](C)[C@H](OC(C)=O)[C@@H]1C. The Morgan fingerprint density at radius 3 is 2.05 bits per heavy atom. The number of nitrogens with zero attached hydrogens (tertiary/aromatic N) is 3. The van der Waals surface area contributed by atoms with Crippen LogP contribution in [0, 0.1) is 30.6 Å². The maximum atomic E-state index is 14.4. The summed E-state index contributed by atoms with van der Waals surface area (Å²) in [6, 6.07) is 0.400. The molecule has 0 aliphatic carbocycles. The number of nitrogens with one attached hydrogen (secondary N) is 3. The van der Waals surface area contributed by atoms with E-state index in [1.54, 1.807) is 44.9 Å². The summed E-state index contributed by atoms with van der Waals surface area (Å²) in [6.07, 6.45) is 6.74. The van der Waals surface area contributed by atoms with Gasteiger partial charge in [-0.15, -0.1) is 0 Å². The largest absolute Gasteiger partial charge is 0.507 e. The summed E-state index contributed by atoms with van der Waals surface area (Å²) < 4.78 is 23.6. The van der Waals surface area contributed by atoms with Gasteiger partial charge in [0.15, 0.2) is 5.75 Å². The molecule has 1 fully saturated rings. The van der Waals surface area contributed by atoms with E-state index in [1.165, 1.54) is 59.4 Å². The Morgan fingerprint density at radius 1 is 0.904 bits per heavy atom. The Kier molecular flexibility index (Phi) is 22.5. The Morgan fingerprint density at radius 2 is 1.51 bits per heavy atom. The van der Waals surface area contributed by atoms with Gasteiger partial charge in [-0.1, -0.05) is 59.8 Å². The predicted molar refractivity (Wildman–Crippen MR) is 279 cm³/mol. The van der Waals surface area contributed by atoms with Gasteiger partial charge in [0.05, 0.1) is 66.2 Å². The number of phenolic OH excluding ortho intramolecular Hbond substituents is 3. The van der Waals surface area contributed by atoms with E-state index < -0.39 is 88.8 Å². The molecule has 1 amide bonds. The molecule has 11 atom stereocenters. The number of ether oxygens (including phenoxy) is 4. The molecule has 0 unspecified atom stereocenters. The highest BCUT2D eigenvalue weighted by Gasteiger charge is 2.50. The lowest BCUT2D eigenvalue weighted by Gasteiger charge is -2.38. The first-order valence-electron chi connectivity index (χ1n) is 25.3. The average Bonchev–Trinajstić information content (AvgIpc) is 3.63. The number of esters is 1. The van der Waals surface area contributed by atoms with Crippen molar-refractivity contribution in [3.8, 4) is 23.0 Å². The maximum Gasteiger partial charge on any atom is 0.312 e. The first-order chi connectivity index (χ1) is 34.5. The lowest BCUT2D eigenvalue weighted by atomic mass is 9.78. The zero-order valence-electron chi connectivity index (χ0n) is 44.6. The van der Waals surface area contributed by atoms with Gasteiger partial charge in [0.1, 0.15) is 23.4 Å². The highest BCUT2D eigenvalue weighted by molar-refractivity contribution is 6.23. The number of amides is 1. The number of anilines is 1. The van der Waals surface area contributed by atoms with Gasteiger partial charge in [0.2, 0.25) is 0 Å². The van der Waals surface area contributed by atoms with Crippen molar-refractivity contribution in [2.75, 3.05) is 72.0 Å². The molecule has 4 aliphatic rings. The third-order valence-electron chi connectivity index (χ3n) is 14.3. The molecule has 0 saturated carbocycles. The smallest absolute Gasteiger partial charge is 0.312 e. The summed E-state index contributed by atoms with van der Waals surface area (Å²) in [5.74, 6) is -8.34. The van der Waals surface area contributed by atoms with Crippen molar-refractivity contribution in [1.29, 1.82) is 0 Å². The second kappa shape index (κ2) is 27.3. The number of ketones is 1. The van der Waals surface area contributed by atoms with Gasteiger partial charge in [0.25, 0.3) is 11.7 Å². The number of hydrazone groups is 1. The summed E-state index contributed by atoms with van der Waals surface area (Å²) in [7, 11) is 3.42. The Bertz CT molecular complexity index is 2310. The van der Waals surface area contributed by atoms with Gasteiger partial charge in [0, 0.05) is 113 Å². The first kappa shape index (κ1) is 60.2. The van der Waals surface area contributed by atoms with E-state index in [0.717, 1.165) is 39.0 Å². The van der Waals surface area contributed by atoms with Gasteiger partial charge in [-0.05, 0) is 39.8 Å². The topological polar surface area (TPSA) is 285 Å². The van der Waals surface area contributed by atoms with E-state index in [9.17, 15) is 39.9 Å². The number of methoxy groups -OCH3 is 1. The van der Waals surface area contributed by atoms with Crippen LogP contribution in [0.15, 0.2) is 41.2 Å². The van der Waals surface area contributed by atoms with Crippen LogP contribution in [-0.2, 0) is 23.8 Å². The summed E-state index contributed by atoms with van der Waals surface area (Å²) in [4.78, 5) is 42.6. The van der Waals surface area contributed by atoms with Crippen LogP contribution in [0.5, 0.6) is 23.0 Å². The fourth-order valence-corrected chi connectivity index (χ4v) is 9.15. The zero-order valence-corrected chi connectivity index (χ0v) is 44.6. The lowest BCUT2D eigenvalue weighted by Crippen LogP contribution is -2.46. The number of phenols is 3. The third-order valence-corrected chi connectivity index (χ3v) is 14.3. The van der Waals surface area contributed by atoms with E-state index >= 15 is 0 Å². The molecular weight excluding hydrogens is 945 g/mol. The second-order valence-corrected chi connectivity index (χ2v) is 19.6. The molecule has 10 N–H and O–H groups in total. The Hall–Kier alpha value is -5.32. The number of rotatable bonds is 13. The minimum atomic E-state index is -2.04. The van der Waals surface area contributed by atoms with Crippen LogP contribution < -0.4 is 20.7 Å². The number of benzene rings is 2. The molecule has 4 heterocycles. The number of hydrogen-bond donors (Lipinski definition) is 10. The van der Waals surface area contributed by atoms with Crippen molar-refractivity contribution in [3.05, 3.63) is 52.8 Å². The van der Waals surface area contributed by atoms with Crippen LogP contribution in [0.2, 0.25) is 0 Å². The molecule has 0 spiro atoms. The number of aliphatic hydroxyl groups is 4. The van der Waals surface area contributed by atoms with Crippen LogP contribution >= 0.6 is 0 Å². The van der Waals surface area contributed by atoms with Gasteiger partial charge < -0.3 is 75.5 Å². The second-order valence-electron chi connectivity index (χ2n) is 19.6. The fraction of sp³-hybridized carbons (Fsp3) is 0.623. The van der Waals surface area contributed by atoms with Gasteiger partial charge in [-0.25, -0.2) is 0 Å². The number of aliphatic hydroxyl groups excluding tert-OH is 4. The zero-order chi connectivity index (χ0) is 54.5. The van der Waals surface area contributed by atoms with Gasteiger partial charge in [-0.2, -0.15) is 5.10 Å². The first-order valence-corrected chi connectivity index (χ1v) is 25.3. The van der Waals surface area contributed by atoms with E-state index in [2.05, 4.69) is 26.0 Å². The van der Waals surface area contributed by atoms with Crippen molar-refractivity contribution >= 4 is 40.3 Å². The standard InChI is InChI=1S/C43H58N4O12.C10H24N2O2/c1-21-12-11-13-22(2)42(55)45-33-28(20-44-47-17-15-46(9)16-18-47)37(52)30-31(38(33)53)36(51)26(6)40-32(30)41(54)43(8,59-40)57-19-14-29(56-10)23(3)39(58-27(7)48)25(5)35(50)24(4)34(21)49;1-3-9(7-13)11-5-6-12-10(4-2)8-14/h11-14,19-21,23-25,29,34-35,39,49-53H,15-18H2,1-10H3,(H,45,55);9-14H,3-8H2,1-2H3/b12-11+,19-14+,22-13-,44-20-;/t21-,23+,24+,25+,29-,34-,35+,39+,43-;9-,10-/m00/s1. The molecule has 408 valence electrons. The molecule has 1 saturated heterocycles. The van der Waals surface area contributed by atoms with Crippen molar-refractivity contribution in [2.45, 2.75) is 124 Å². The summed E-state index contributed by atoms with van der Waals surface area (Å²) in [5.41, 5.74) is -0.350. The molecule has 6 rings (SSSR count). The quantitative estimate of drug-likeness (QED) is 0.0445. The number of piperazine rings is 1. The molecule has 0 aromatic heterocycles. The number of carbonyl (C=O) groups excluding carboxylic acids is 3. The van der Waals surface area contributed by atoms with E-state index in [0.29, 0.717) is 13.1 Å². The van der Waals surface area contributed by atoms with Crippen molar-refractivity contribution in [2.24, 2.45) is 28.8 Å². The Balaban J connectivity index is 0.000000717. The highest BCUT2D eigenvalue weighted by Crippen LogP contribution is 2.55. The number of fused-ring (bicyclic) bond motifs is 14. The number of Topliss-reactive ketones (excluding diaryl/α,β-unsaturated/α-hetero) is 1. The van der Waals surface area contributed by atoms with Crippen LogP contribution in [0.4, 0.5) is 5.69 Å². The van der Waals surface area contributed by atoms with Crippen molar-refractivity contribution < 1.29 is 69.1 Å². The summed E-state index contributed by atoms with van der Waals surface area (Å²) in [5, 5.41) is 91.1. The molecular formula is C53H82N6O14. The van der Waals surface area contributed by atoms with Gasteiger partial charge in [-0.3, -0.25) is 19.4 Å². The number of carbonyl (C=O) groups is 3. The molecule has 20 nitrogen and oxygen atoms in total. The third kappa shape index (κ3) is 14.5. The molecule has 4 aliphatic heterocycles. The maximum absolute atomic E-state index is 14.4. The van der Waals surface area contributed by atoms with Crippen LogP contribution in [0.1, 0.15) is 96.6 Å². The molecule has 2 aromatic carbocycles. The van der Waals surface area contributed by atoms with E-state index in [-0.39, 0.29) is 69.8 Å². The molecule has 73 heavy (non-hydrogen) atoms. The fourth-order valence-electron chi connectivity index (χ4n) is 9.15.